The predicted molar refractivity (Wildman–Crippen MR) is 345 cm³/mol. The topological polar surface area (TPSA) is 3.24 Å². The molecule has 0 atom stereocenters. The largest absolute Gasteiger partial charge is 0.311 e. The molecule has 0 unspecified atom stereocenters. The van der Waals surface area contributed by atoms with Crippen LogP contribution in [0.3, 0.4) is 0 Å². The van der Waals surface area contributed by atoms with Crippen molar-refractivity contribution in [3.8, 4) is 22.3 Å². The Bertz CT molecular complexity index is 3680. The van der Waals surface area contributed by atoms with Crippen molar-refractivity contribution in [1.82, 2.24) is 0 Å². The van der Waals surface area contributed by atoms with Crippen LogP contribution in [-0.2, 0) is 0 Å². The lowest BCUT2D eigenvalue weighted by atomic mass is 9.20. The number of benzene rings is 9. The summed E-state index contributed by atoms with van der Waals surface area (Å²) in [5.41, 5.74) is 29.2. The fraction of sp³-hybridized carbons (Fsp3) is 0.270. The average molecular weight is 1030 g/mol. The van der Waals surface area contributed by atoms with Gasteiger partial charge in [-0.1, -0.05) is 279 Å². The highest BCUT2D eigenvalue weighted by molar-refractivity contribution is 7.23. The van der Waals surface area contributed by atoms with Gasteiger partial charge in [-0.2, -0.15) is 0 Å². The monoisotopic (exact) mass is 1030 g/mol. The summed E-state index contributed by atoms with van der Waals surface area (Å²) in [6, 6.07) is 70.3. The minimum Gasteiger partial charge on any atom is -0.311 e. The third-order valence-corrected chi connectivity index (χ3v) is 23.1. The summed E-state index contributed by atoms with van der Waals surface area (Å²) < 4.78 is 0. The van der Waals surface area contributed by atoms with E-state index in [1.54, 1.807) is 0 Å². The van der Waals surface area contributed by atoms with E-state index in [2.05, 4.69) is 278 Å². The lowest BCUT2D eigenvalue weighted by Crippen LogP contribution is -2.76. The Morgan fingerprint density at radius 3 is 1.19 bits per heavy atom. The van der Waals surface area contributed by atoms with Crippen LogP contribution in [0, 0.1) is 13.8 Å². The van der Waals surface area contributed by atoms with Gasteiger partial charge < -0.3 is 4.90 Å². The van der Waals surface area contributed by atoms with Gasteiger partial charge in [0.05, 0.1) is 0 Å². The van der Waals surface area contributed by atoms with E-state index < -0.39 is 8.07 Å². The molecule has 78 heavy (non-hydrogen) atoms. The standard InChI is InChI=1S/C74H77B2NSi/c1-44(2)54-39-59(46(5)6)73(60(40-54)47(7)8)75-63-26-17-18-27-64(63)76(74-61(48(9)10)41-55(45(3)4)42-62(74)49(11)12)66-43-53(32-33-65(66)75)52-22-21-23-56(38-52)77-67-34-30-50(13)36-71(67)78(72-37-51(14)31-35-68(72)77)69-28-19-15-24-57(69)58-25-16-20-29-70(58)78/h15-49H,1-14H3. The van der Waals surface area contributed by atoms with Gasteiger partial charge in [-0.3, -0.25) is 0 Å². The Morgan fingerprint density at radius 1 is 0.333 bits per heavy atom. The third kappa shape index (κ3) is 8.09. The number of anilines is 3. The molecule has 0 radical (unpaired) electrons. The fourth-order valence-corrected chi connectivity index (χ4v) is 20.2. The fourth-order valence-electron chi connectivity index (χ4n) is 14.4. The first-order valence-corrected chi connectivity index (χ1v) is 31.4. The van der Waals surface area contributed by atoms with Crippen LogP contribution in [0.15, 0.2) is 176 Å². The summed E-state index contributed by atoms with van der Waals surface area (Å²) in [7, 11) is -2.75. The molecule has 0 saturated heterocycles. The second kappa shape index (κ2) is 19.8. The average Bonchev–Trinajstić information content (AvgIpc) is 3.69. The zero-order valence-electron chi connectivity index (χ0n) is 48.8. The van der Waals surface area contributed by atoms with Crippen LogP contribution in [0.2, 0.25) is 0 Å². The summed E-state index contributed by atoms with van der Waals surface area (Å²) in [6.07, 6.45) is 0. The molecule has 3 aliphatic rings. The molecule has 3 aliphatic heterocycles. The minimum atomic E-state index is -2.75. The molecule has 3 heterocycles. The number of aryl methyl sites for hydroxylation is 2. The van der Waals surface area contributed by atoms with Crippen molar-refractivity contribution in [2.45, 2.75) is 132 Å². The van der Waals surface area contributed by atoms with Gasteiger partial charge in [0.1, 0.15) is 0 Å². The van der Waals surface area contributed by atoms with Crippen LogP contribution in [0.4, 0.5) is 17.1 Å². The SMILES string of the molecule is Cc1ccc2c(c1)[Si]1(c3ccccc3-c3ccccc31)c1cc(C)ccc1N2c1cccc(-c2ccc3c(c2)B(c2c(C(C)C)cc(C(C)C)cc2C(C)C)c2ccccc2B3c2c(C(C)C)cc(C(C)C)cc2C(C)C)c1. The van der Waals surface area contributed by atoms with Gasteiger partial charge in [0.15, 0.2) is 8.07 Å². The summed E-state index contributed by atoms with van der Waals surface area (Å²) in [5.74, 6) is 2.31. The first-order valence-electron chi connectivity index (χ1n) is 29.4. The van der Waals surface area contributed by atoms with Crippen molar-refractivity contribution in [2.75, 3.05) is 4.90 Å². The van der Waals surface area contributed by atoms with E-state index in [0.717, 1.165) is 0 Å². The number of nitrogens with zero attached hydrogens (tertiary/aromatic N) is 1. The first-order chi connectivity index (χ1) is 37.5. The maximum atomic E-state index is 2.64. The van der Waals surface area contributed by atoms with Crippen LogP contribution < -0.4 is 58.4 Å². The molecule has 0 aliphatic carbocycles. The quantitative estimate of drug-likeness (QED) is 0.123. The smallest absolute Gasteiger partial charge is 0.240 e. The number of hydrogen-bond acceptors (Lipinski definition) is 1. The molecule has 1 nitrogen and oxygen atoms in total. The molecular formula is C74H77B2NSi. The summed E-state index contributed by atoms with van der Waals surface area (Å²) in [6.45, 7) is 33.4. The molecule has 1 spiro atoms. The highest BCUT2D eigenvalue weighted by atomic mass is 28.3. The van der Waals surface area contributed by atoms with Crippen molar-refractivity contribution >= 4 is 92.1 Å². The van der Waals surface area contributed by atoms with E-state index in [0.29, 0.717) is 35.5 Å². The van der Waals surface area contributed by atoms with Gasteiger partial charge >= 0.3 is 0 Å². The van der Waals surface area contributed by atoms with Gasteiger partial charge in [-0.05, 0) is 150 Å². The van der Waals surface area contributed by atoms with Gasteiger partial charge in [0, 0.05) is 17.1 Å². The zero-order chi connectivity index (χ0) is 54.6. The normalized spacial score (nSPS) is 14.0. The van der Waals surface area contributed by atoms with E-state index >= 15 is 0 Å². The maximum Gasteiger partial charge on any atom is 0.240 e. The van der Waals surface area contributed by atoms with Crippen LogP contribution in [0.5, 0.6) is 0 Å². The summed E-state index contributed by atoms with van der Waals surface area (Å²) in [5, 5.41) is 5.94. The Balaban J connectivity index is 1.11. The van der Waals surface area contributed by atoms with Crippen molar-refractivity contribution in [2.24, 2.45) is 0 Å². The molecule has 9 aromatic rings. The molecular weight excluding hydrogens is 953 g/mol. The maximum absolute atomic E-state index is 2.75. The zero-order valence-corrected chi connectivity index (χ0v) is 49.8. The lowest BCUT2D eigenvalue weighted by molar-refractivity contribution is 0.812. The molecule has 12 rings (SSSR count). The molecule has 4 heteroatoms. The first kappa shape index (κ1) is 51.9. The van der Waals surface area contributed by atoms with Gasteiger partial charge in [-0.15, -0.1) is 0 Å². The molecule has 388 valence electrons. The molecule has 0 fully saturated rings. The highest BCUT2D eigenvalue weighted by Gasteiger charge is 2.54. The van der Waals surface area contributed by atoms with Gasteiger partial charge in [0.2, 0.25) is 13.4 Å². The van der Waals surface area contributed by atoms with Crippen molar-refractivity contribution < 1.29 is 0 Å². The Labute approximate surface area is 469 Å². The van der Waals surface area contributed by atoms with Crippen LogP contribution >= 0.6 is 0 Å². The molecule has 9 aromatic carbocycles. The molecule has 0 bridgehead atoms. The predicted octanol–water partition coefficient (Wildman–Crippen LogP) is 13.2. The van der Waals surface area contributed by atoms with Crippen LogP contribution in [0.25, 0.3) is 22.3 Å². The molecule has 0 saturated carbocycles. The van der Waals surface area contributed by atoms with Crippen molar-refractivity contribution in [3.63, 3.8) is 0 Å². The second-order valence-electron chi connectivity index (χ2n) is 25.3. The van der Waals surface area contributed by atoms with Crippen LogP contribution in [-0.4, -0.2) is 21.5 Å². The van der Waals surface area contributed by atoms with E-state index in [4.69, 9.17) is 0 Å². The van der Waals surface area contributed by atoms with Crippen molar-refractivity contribution in [1.29, 1.82) is 0 Å². The number of fused-ring (bicyclic) bond motifs is 11. The summed E-state index contributed by atoms with van der Waals surface area (Å²) >= 11 is 0. The van der Waals surface area contributed by atoms with E-state index in [9.17, 15) is 0 Å². The van der Waals surface area contributed by atoms with E-state index in [1.165, 1.54) is 137 Å². The minimum absolute atomic E-state index is 0.0529. The second-order valence-corrected chi connectivity index (χ2v) is 28.9. The number of hydrogen-bond donors (Lipinski definition) is 0. The van der Waals surface area contributed by atoms with Gasteiger partial charge in [-0.25, -0.2) is 0 Å². The molecule has 0 N–H and O–H groups in total. The highest BCUT2D eigenvalue weighted by Crippen LogP contribution is 2.43. The third-order valence-electron chi connectivity index (χ3n) is 18.2. The van der Waals surface area contributed by atoms with Gasteiger partial charge in [0.25, 0.3) is 0 Å². The van der Waals surface area contributed by atoms with Crippen molar-refractivity contribution in [3.05, 3.63) is 220 Å². The molecule has 0 amide bonds. The Morgan fingerprint density at radius 2 is 0.744 bits per heavy atom. The van der Waals surface area contributed by atoms with E-state index in [-0.39, 0.29) is 13.4 Å². The Kier molecular flexibility index (Phi) is 13.2. The lowest BCUT2D eigenvalue weighted by Gasteiger charge is -2.44. The van der Waals surface area contributed by atoms with Crippen LogP contribution in [0.1, 0.15) is 163 Å². The number of rotatable bonds is 10. The molecule has 0 aromatic heterocycles. The summed E-state index contributed by atoms with van der Waals surface area (Å²) in [4.78, 5) is 2.60. The van der Waals surface area contributed by atoms with E-state index in [1.807, 2.05) is 0 Å². The Hall–Kier alpha value is -6.87.